The number of rotatable bonds is 3. The van der Waals surface area contributed by atoms with Crippen molar-refractivity contribution in [2.75, 3.05) is 0 Å². The van der Waals surface area contributed by atoms with E-state index in [1.807, 2.05) is 13.8 Å². The van der Waals surface area contributed by atoms with Crippen molar-refractivity contribution in [3.8, 4) is 0 Å². The number of hydrogen-bond donors (Lipinski definition) is 0. The van der Waals surface area contributed by atoms with E-state index in [4.69, 9.17) is 0 Å². The van der Waals surface area contributed by atoms with Crippen LogP contribution in [0, 0.1) is 23.3 Å². The molecule has 0 spiro atoms. The molecule has 0 amide bonds. The summed E-state index contributed by atoms with van der Waals surface area (Å²) < 4.78 is 51.9. The SMILES string of the molecule is CC.Fc1ccc(SSc2ccc(F)cc2F)c(F)c1. The summed E-state index contributed by atoms with van der Waals surface area (Å²) in [6, 6.07) is 6.28. The topological polar surface area (TPSA) is 0 Å². The molecular weight excluding hydrogens is 308 g/mol. The van der Waals surface area contributed by atoms with Crippen LogP contribution >= 0.6 is 21.6 Å². The van der Waals surface area contributed by atoms with Gasteiger partial charge in [0.1, 0.15) is 23.3 Å². The van der Waals surface area contributed by atoms with Crippen LogP contribution in [0.2, 0.25) is 0 Å². The van der Waals surface area contributed by atoms with E-state index in [1.165, 1.54) is 12.1 Å². The van der Waals surface area contributed by atoms with Gasteiger partial charge in [0, 0.05) is 12.1 Å². The molecule has 0 saturated heterocycles. The van der Waals surface area contributed by atoms with Crippen molar-refractivity contribution in [3.63, 3.8) is 0 Å². The standard InChI is InChI=1S/C12H6F4S2.C2H6/c13-7-1-3-11(9(15)5-7)17-18-12-4-2-8(14)6-10(12)16;1-2/h1-6H;1-2H3. The Morgan fingerprint density at radius 1 is 0.650 bits per heavy atom. The van der Waals surface area contributed by atoms with Gasteiger partial charge in [0.25, 0.3) is 0 Å². The van der Waals surface area contributed by atoms with Crippen LogP contribution in [0.4, 0.5) is 17.6 Å². The minimum atomic E-state index is -0.713. The highest BCUT2D eigenvalue weighted by Crippen LogP contribution is 2.39. The predicted molar refractivity (Wildman–Crippen MR) is 75.8 cm³/mol. The molecule has 0 radical (unpaired) electrons. The van der Waals surface area contributed by atoms with Gasteiger partial charge in [-0.15, -0.1) is 0 Å². The van der Waals surface area contributed by atoms with Crippen molar-refractivity contribution >= 4 is 21.6 Å². The zero-order valence-electron chi connectivity index (χ0n) is 10.8. The fraction of sp³-hybridized carbons (Fsp3) is 0.143. The van der Waals surface area contributed by atoms with Crippen LogP contribution in [-0.4, -0.2) is 0 Å². The Labute approximate surface area is 123 Å². The minimum absolute atomic E-state index is 0.185. The molecule has 0 saturated carbocycles. The molecule has 0 bridgehead atoms. The van der Waals surface area contributed by atoms with Crippen molar-refractivity contribution in [2.24, 2.45) is 0 Å². The number of benzene rings is 2. The van der Waals surface area contributed by atoms with Crippen LogP contribution in [0.1, 0.15) is 13.8 Å². The van der Waals surface area contributed by atoms with Gasteiger partial charge in [-0.1, -0.05) is 13.8 Å². The lowest BCUT2D eigenvalue weighted by Crippen LogP contribution is -1.84. The molecule has 0 nitrogen and oxygen atoms in total. The smallest absolute Gasteiger partial charge is 0.140 e. The van der Waals surface area contributed by atoms with Gasteiger partial charge in [-0.05, 0) is 45.9 Å². The first-order valence-corrected chi connectivity index (χ1v) is 7.96. The van der Waals surface area contributed by atoms with Crippen molar-refractivity contribution in [3.05, 3.63) is 59.7 Å². The second-order valence-corrected chi connectivity index (χ2v) is 5.53. The molecule has 0 heterocycles. The highest BCUT2D eigenvalue weighted by Gasteiger charge is 2.09. The maximum absolute atomic E-state index is 13.3. The second-order valence-electron chi connectivity index (χ2n) is 3.32. The third-order valence-electron chi connectivity index (χ3n) is 2.01. The molecule has 108 valence electrons. The highest BCUT2D eigenvalue weighted by atomic mass is 33.1. The van der Waals surface area contributed by atoms with Gasteiger partial charge in [0.15, 0.2) is 0 Å². The monoisotopic (exact) mass is 320 g/mol. The summed E-state index contributed by atoms with van der Waals surface area (Å²) in [4.78, 5) is 0.371. The molecule has 0 aliphatic carbocycles. The van der Waals surface area contributed by atoms with E-state index in [9.17, 15) is 17.6 Å². The summed E-state index contributed by atoms with van der Waals surface area (Å²) in [6.07, 6.45) is 0. The summed E-state index contributed by atoms with van der Waals surface area (Å²) in [5.74, 6) is -2.77. The molecule has 2 rings (SSSR count). The highest BCUT2D eigenvalue weighted by molar-refractivity contribution is 8.76. The Kier molecular flexibility index (Phi) is 6.95. The Morgan fingerprint density at radius 2 is 1.00 bits per heavy atom. The largest absolute Gasteiger partial charge is 0.207 e. The van der Waals surface area contributed by atoms with E-state index in [0.717, 1.165) is 45.9 Å². The van der Waals surface area contributed by atoms with Crippen LogP contribution in [-0.2, 0) is 0 Å². The molecule has 0 aliphatic heterocycles. The number of halogens is 4. The molecule has 0 atom stereocenters. The summed E-state index contributed by atoms with van der Waals surface area (Å²) in [7, 11) is 1.88. The Balaban J connectivity index is 0.000000956. The van der Waals surface area contributed by atoms with Crippen molar-refractivity contribution < 1.29 is 17.6 Å². The van der Waals surface area contributed by atoms with Crippen LogP contribution in [0.3, 0.4) is 0 Å². The molecule has 0 fully saturated rings. The Morgan fingerprint density at radius 3 is 1.30 bits per heavy atom. The van der Waals surface area contributed by atoms with Gasteiger partial charge in [0.05, 0.1) is 9.79 Å². The fourth-order valence-corrected chi connectivity index (χ4v) is 3.23. The molecule has 0 N–H and O–H groups in total. The van der Waals surface area contributed by atoms with Crippen molar-refractivity contribution in [1.29, 1.82) is 0 Å². The first kappa shape index (κ1) is 16.9. The quantitative estimate of drug-likeness (QED) is 0.497. The Hall–Kier alpha value is -1.14. The van der Waals surface area contributed by atoms with Crippen LogP contribution in [0.5, 0.6) is 0 Å². The van der Waals surface area contributed by atoms with E-state index < -0.39 is 23.3 Å². The third kappa shape index (κ3) is 4.76. The van der Waals surface area contributed by atoms with Crippen molar-refractivity contribution in [1.82, 2.24) is 0 Å². The first-order chi connectivity index (χ1) is 9.56. The van der Waals surface area contributed by atoms with Crippen molar-refractivity contribution in [2.45, 2.75) is 23.6 Å². The first-order valence-electron chi connectivity index (χ1n) is 5.81. The van der Waals surface area contributed by atoms with E-state index in [2.05, 4.69) is 0 Å². The van der Waals surface area contributed by atoms with Gasteiger partial charge >= 0.3 is 0 Å². The molecular formula is C14H12F4S2. The van der Waals surface area contributed by atoms with E-state index >= 15 is 0 Å². The predicted octanol–water partition coefficient (Wildman–Crippen LogP) is 6.07. The summed E-state index contributed by atoms with van der Waals surface area (Å²) in [6.45, 7) is 4.00. The fourth-order valence-electron chi connectivity index (χ4n) is 1.18. The summed E-state index contributed by atoms with van der Waals surface area (Å²) in [5, 5.41) is 0. The maximum Gasteiger partial charge on any atom is 0.140 e. The molecule has 0 aromatic heterocycles. The van der Waals surface area contributed by atoms with E-state index in [0.29, 0.717) is 0 Å². The molecule has 0 unspecified atom stereocenters. The normalized spacial score (nSPS) is 9.90. The lowest BCUT2D eigenvalue weighted by atomic mass is 10.3. The average molecular weight is 320 g/mol. The Bertz CT molecular complexity index is 522. The summed E-state index contributed by atoms with van der Waals surface area (Å²) >= 11 is 0. The maximum atomic E-state index is 13.3. The van der Waals surface area contributed by atoms with E-state index in [-0.39, 0.29) is 9.79 Å². The van der Waals surface area contributed by atoms with E-state index in [1.54, 1.807) is 0 Å². The van der Waals surface area contributed by atoms with Crippen LogP contribution in [0.15, 0.2) is 46.2 Å². The number of hydrogen-bond acceptors (Lipinski definition) is 2. The molecule has 6 heteroatoms. The van der Waals surface area contributed by atoms with Gasteiger partial charge in [-0.25, -0.2) is 17.6 Å². The molecule has 20 heavy (non-hydrogen) atoms. The molecule has 0 aliphatic rings. The third-order valence-corrected chi connectivity index (χ3v) is 4.44. The molecule has 2 aromatic carbocycles. The van der Waals surface area contributed by atoms with Gasteiger partial charge in [-0.3, -0.25) is 0 Å². The second kappa shape index (κ2) is 8.21. The van der Waals surface area contributed by atoms with Gasteiger partial charge < -0.3 is 0 Å². The lowest BCUT2D eigenvalue weighted by Gasteiger charge is -2.04. The zero-order chi connectivity index (χ0) is 15.1. The zero-order valence-corrected chi connectivity index (χ0v) is 12.4. The minimum Gasteiger partial charge on any atom is -0.207 e. The van der Waals surface area contributed by atoms with Crippen LogP contribution < -0.4 is 0 Å². The average Bonchev–Trinajstić information content (AvgIpc) is 2.42. The molecule has 2 aromatic rings. The van der Waals surface area contributed by atoms with Gasteiger partial charge in [-0.2, -0.15) is 0 Å². The lowest BCUT2D eigenvalue weighted by molar-refractivity contribution is 0.564. The van der Waals surface area contributed by atoms with Crippen LogP contribution in [0.25, 0.3) is 0 Å². The van der Waals surface area contributed by atoms with Gasteiger partial charge in [0.2, 0.25) is 0 Å². The summed E-state index contributed by atoms with van der Waals surface area (Å²) in [5.41, 5.74) is 0.